The van der Waals surface area contributed by atoms with Crippen LogP contribution in [0.2, 0.25) is 0 Å². The van der Waals surface area contributed by atoms with Crippen molar-refractivity contribution in [1.29, 1.82) is 5.26 Å². The molecule has 5 heteroatoms. The van der Waals surface area contributed by atoms with Crippen LogP contribution < -0.4 is 4.74 Å². The van der Waals surface area contributed by atoms with Gasteiger partial charge in [0.2, 0.25) is 0 Å². The average Bonchev–Trinajstić information content (AvgIpc) is 2.60. The molecule has 0 aliphatic heterocycles. The predicted octanol–water partition coefficient (Wildman–Crippen LogP) is 3.79. The van der Waals surface area contributed by atoms with E-state index >= 15 is 0 Å². The Morgan fingerprint density at radius 3 is 2.39 bits per heavy atom. The van der Waals surface area contributed by atoms with Crippen molar-refractivity contribution in [2.45, 2.75) is 24.5 Å². The number of rotatable bonds is 6. The Hall–Kier alpha value is -2.45. The van der Waals surface area contributed by atoms with E-state index in [4.69, 9.17) is 14.7 Å². The number of thioether (sulfide) groups is 1. The van der Waals surface area contributed by atoms with Gasteiger partial charge < -0.3 is 9.47 Å². The van der Waals surface area contributed by atoms with Gasteiger partial charge in [-0.3, -0.25) is 0 Å². The van der Waals surface area contributed by atoms with E-state index in [1.807, 2.05) is 36.6 Å². The summed E-state index contributed by atoms with van der Waals surface area (Å²) in [7, 11) is 0. The molecular weight excluding hydrogens is 310 g/mol. The molecule has 0 amide bonds. The van der Waals surface area contributed by atoms with E-state index in [0.29, 0.717) is 11.3 Å². The molecule has 0 aromatic heterocycles. The predicted molar refractivity (Wildman–Crippen MR) is 89.3 cm³/mol. The number of carbonyl (C=O) groups excluding carboxylic acids is 1. The van der Waals surface area contributed by atoms with Crippen molar-refractivity contribution >= 4 is 17.7 Å². The van der Waals surface area contributed by atoms with Gasteiger partial charge in [-0.05, 0) is 55.1 Å². The molecule has 0 spiro atoms. The summed E-state index contributed by atoms with van der Waals surface area (Å²) in [6.45, 7) is 1.85. The summed E-state index contributed by atoms with van der Waals surface area (Å²) >= 11 is 1.66. The van der Waals surface area contributed by atoms with Gasteiger partial charge in [-0.25, -0.2) is 4.79 Å². The topological polar surface area (TPSA) is 59.3 Å². The average molecular weight is 327 g/mol. The molecule has 0 radical (unpaired) electrons. The Morgan fingerprint density at radius 1 is 1.17 bits per heavy atom. The molecule has 0 heterocycles. The minimum Gasteiger partial charge on any atom is -0.479 e. The molecule has 0 N–H and O–H groups in total. The molecule has 2 aromatic rings. The van der Waals surface area contributed by atoms with Crippen molar-refractivity contribution in [3.63, 3.8) is 0 Å². The van der Waals surface area contributed by atoms with Crippen molar-refractivity contribution in [3.05, 3.63) is 59.7 Å². The minimum atomic E-state index is -0.714. The molecule has 0 bridgehead atoms. The van der Waals surface area contributed by atoms with E-state index in [0.717, 1.165) is 10.5 Å². The van der Waals surface area contributed by atoms with Crippen LogP contribution in [-0.2, 0) is 16.1 Å². The molecule has 0 saturated carbocycles. The van der Waals surface area contributed by atoms with Gasteiger partial charge in [0.05, 0.1) is 11.6 Å². The molecule has 1 atom stereocenters. The zero-order valence-electron chi connectivity index (χ0n) is 13.0. The highest BCUT2D eigenvalue weighted by atomic mass is 32.2. The Bertz CT molecular complexity index is 690. The van der Waals surface area contributed by atoms with E-state index in [9.17, 15) is 4.79 Å². The lowest BCUT2D eigenvalue weighted by molar-refractivity contribution is -0.152. The first-order valence-corrected chi connectivity index (χ1v) is 8.31. The molecule has 2 aromatic carbocycles. The largest absolute Gasteiger partial charge is 0.479 e. The van der Waals surface area contributed by atoms with E-state index in [1.54, 1.807) is 43.0 Å². The Kier molecular flexibility index (Phi) is 6.07. The molecule has 0 aliphatic rings. The number of hydrogen-bond donors (Lipinski definition) is 0. The maximum Gasteiger partial charge on any atom is 0.347 e. The molecule has 23 heavy (non-hydrogen) atoms. The standard InChI is InChI=1S/C18H17NO3S/c1-13(22-16-7-3-14(11-19)4-8-16)18(20)21-12-15-5-9-17(23-2)10-6-15/h3-10,13H,12H2,1-2H3/t13-/m1/s1. The SMILES string of the molecule is CSc1ccc(COC(=O)[C@@H](C)Oc2ccc(C#N)cc2)cc1. The van der Waals surface area contributed by atoms with Crippen LogP contribution in [0.25, 0.3) is 0 Å². The number of hydrogen-bond acceptors (Lipinski definition) is 5. The first-order chi connectivity index (χ1) is 11.1. The van der Waals surface area contributed by atoms with Gasteiger partial charge in [0.15, 0.2) is 6.10 Å². The van der Waals surface area contributed by atoms with Gasteiger partial charge in [0.1, 0.15) is 12.4 Å². The zero-order valence-corrected chi connectivity index (χ0v) is 13.8. The van der Waals surface area contributed by atoms with Gasteiger partial charge in [0, 0.05) is 4.90 Å². The van der Waals surface area contributed by atoms with Crippen LogP contribution in [0.3, 0.4) is 0 Å². The quantitative estimate of drug-likeness (QED) is 0.597. The molecule has 118 valence electrons. The number of benzene rings is 2. The summed E-state index contributed by atoms with van der Waals surface area (Å²) < 4.78 is 10.8. The number of nitrogens with zero attached hydrogens (tertiary/aromatic N) is 1. The second kappa shape index (κ2) is 8.25. The van der Waals surface area contributed by atoms with Crippen LogP contribution in [0.5, 0.6) is 5.75 Å². The van der Waals surface area contributed by atoms with Crippen LogP contribution in [0.4, 0.5) is 0 Å². The Labute approximate surface area is 140 Å². The van der Waals surface area contributed by atoms with Crippen LogP contribution in [0.15, 0.2) is 53.4 Å². The van der Waals surface area contributed by atoms with Crippen molar-refractivity contribution < 1.29 is 14.3 Å². The molecule has 2 rings (SSSR count). The highest BCUT2D eigenvalue weighted by molar-refractivity contribution is 7.98. The number of nitriles is 1. The third kappa shape index (κ3) is 5.04. The van der Waals surface area contributed by atoms with Gasteiger partial charge in [0.25, 0.3) is 0 Å². The van der Waals surface area contributed by atoms with Crippen LogP contribution in [0, 0.1) is 11.3 Å². The lowest BCUT2D eigenvalue weighted by Crippen LogP contribution is -2.26. The fourth-order valence-corrected chi connectivity index (χ4v) is 2.26. The highest BCUT2D eigenvalue weighted by Gasteiger charge is 2.16. The maximum atomic E-state index is 12.0. The third-order valence-corrected chi connectivity index (χ3v) is 3.91. The summed E-state index contributed by atoms with van der Waals surface area (Å²) in [4.78, 5) is 13.1. The molecule has 0 fully saturated rings. The second-order valence-corrected chi connectivity index (χ2v) is 5.73. The van der Waals surface area contributed by atoms with Gasteiger partial charge in [-0.1, -0.05) is 12.1 Å². The summed E-state index contributed by atoms with van der Waals surface area (Å²) in [6.07, 6.45) is 1.30. The Morgan fingerprint density at radius 2 is 1.83 bits per heavy atom. The fraction of sp³-hybridized carbons (Fsp3) is 0.222. The highest BCUT2D eigenvalue weighted by Crippen LogP contribution is 2.16. The number of ether oxygens (including phenoxy) is 2. The molecule has 0 unspecified atom stereocenters. The van der Waals surface area contributed by atoms with E-state index in [2.05, 4.69) is 0 Å². The first-order valence-electron chi connectivity index (χ1n) is 7.09. The van der Waals surface area contributed by atoms with Crippen LogP contribution in [-0.4, -0.2) is 18.3 Å². The molecular formula is C18H17NO3S. The molecule has 4 nitrogen and oxygen atoms in total. The second-order valence-electron chi connectivity index (χ2n) is 4.85. The van der Waals surface area contributed by atoms with Gasteiger partial charge >= 0.3 is 5.97 Å². The van der Waals surface area contributed by atoms with Crippen LogP contribution in [0.1, 0.15) is 18.1 Å². The number of carbonyl (C=O) groups is 1. The fourth-order valence-electron chi connectivity index (χ4n) is 1.85. The lowest BCUT2D eigenvalue weighted by atomic mass is 10.2. The van der Waals surface area contributed by atoms with E-state index in [-0.39, 0.29) is 6.61 Å². The van der Waals surface area contributed by atoms with Crippen LogP contribution >= 0.6 is 11.8 Å². The summed E-state index contributed by atoms with van der Waals surface area (Å²) in [5.74, 6) is 0.0982. The smallest absolute Gasteiger partial charge is 0.347 e. The third-order valence-electron chi connectivity index (χ3n) is 3.17. The Balaban J connectivity index is 1.85. The normalized spacial score (nSPS) is 11.3. The van der Waals surface area contributed by atoms with Crippen molar-refractivity contribution in [3.8, 4) is 11.8 Å². The van der Waals surface area contributed by atoms with E-state index in [1.165, 1.54) is 0 Å². The summed E-state index contributed by atoms with van der Waals surface area (Å²) in [6, 6.07) is 16.5. The number of esters is 1. The van der Waals surface area contributed by atoms with Gasteiger partial charge in [-0.2, -0.15) is 5.26 Å². The van der Waals surface area contributed by atoms with Crippen molar-refractivity contribution in [2.24, 2.45) is 0 Å². The summed E-state index contributed by atoms with van der Waals surface area (Å²) in [5, 5.41) is 8.74. The lowest BCUT2D eigenvalue weighted by Gasteiger charge is -2.14. The minimum absolute atomic E-state index is 0.217. The van der Waals surface area contributed by atoms with E-state index < -0.39 is 12.1 Å². The van der Waals surface area contributed by atoms with Crippen molar-refractivity contribution in [1.82, 2.24) is 0 Å². The maximum absolute atomic E-state index is 12.0. The van der Waals surface area contributed by atoms with Gasteiger partial charge in [-0.15, -0.1) is 11.8 Å². The molecule has 0 aliphatic carbocycles. The molecule has 0 saturated heterocycles. The monoisotopic (exact) mass is 327 g/mol. The summed E-state index contributed by atoms with van der Waals surface area (Å²) in [5.41, 5.74) is 1.47. The van der Waals surface area contributed by atoms with Crippen molar-refractivity contribution in [2.75, 3.05) is 6.26 Å². The first kappa shape index (κ1) is 16.9. The zero-order chi connectivity index (χ0) is 16.7.